The predicted octanol–water partition coefficient (Wildman–Crippen LogP) is 4.92. The molecule has 0 spiro atoms. The molecular formula is C28H22Cl2N2O3. The van der Waals surface area contributed by atoms with E-state index in [1.54, 1.807) is 13.0 Å². The quantitative estimate of drug-likeness (QED) is 0.406. The normalized spacial score (nSPS) is 28.9. The molecule has 3 atom stereocenters. The van der Waals surface area contributed by atoms with Crippen LogP contribution in [0.4, 0.5) is 5.69 Å². The fraction of sp³-hybridized carbons (Fsp3) is 0.250. The van der Waals surface area contributed by atoms with Crippen molar-refractivity contribution in [2.75, 3.05) is 5.32 Å². The van der Waals surface area contributed by atoms with Crippen molar-refractivity contribution in [2.45, 2.75) is 29.6 Å². The van der Waals surface area contributed by atoms with Crippen LogP contribution in [0.2, 0.25) is 0 Å². The van der Waals surface area contributed by atoms with Crippen molar-refractivity contribution in [3.63, 3.8) is 0 Å². The number of imide groups is 1. The second-order valence-corrected chi connectivity index (χ2v) is 10.7. The van der Waals surface area contributed by atoms with Crippen molar-refractivity contribution in [3.05, 3.63) is 101 Å². The van der Waals surface area contributed by atoms with Gasteiger partial charge < -0.3 is 5.32 Å². The zero-order chi connectivity index (χ0) is 24.7. The maximum Gasteiger partial charge on any atom is 0.247 e. The number of likely N-dealkylation sites (tertiary alicyclic amines) is 1. The van der Waals surface area contributed by atoms with Crippen LogP contribution in [0.15, 0.2) is 72.8 Å². The number of nitrogens with one attached hydrogen (secondary N) is 1. The summed E-state index contributed by atoms with van der Waals surface area (Å²) in [4.78, 5) is 39.6. The molecule has 7 heteroatoms. The van der Waals surface area contributed by atoms with E-state index in [2.05, 4.69) is 5.32 Å². The number of anilines is 1. The van der Waals surface area contributed by atoms with Crippen LogP contribution in [0.25, 0.3) is 0 Å². The highest BCUT2D eigenvalue weighted by Gasteiger charge is 2.73. The van der Waals surface area contributed by atoms with Crippen LogP contribution in [0.1, 0.15) is 34.7 Å². The van der Waals surface area contributed by atoms with Crippen LogP contribution in [0, 0.1) is 18.8 Å². The van der Waals surface area contributed by atoms with Crippen LogP contribution >= 0.6 is 23.2 Å². The number of nitrogens with zero attached hydrogens (tertiary/aromatic N) is 1. The minimum Gasteiger partial charge on any atom is -0.324 e. The zero-order valence-corrected chi connectivity index (χ0v) is 20.6. The smallest absolute Gasteiger partial charge is 0.247 e. The molecule has 0 unspecified atom stereocenters. The van der Waals surface area contributed by atoms with Crippen LogP contribution in [0.5, 0.6) is 0 Å². The number of benzene rings is 3. The number of aryl methyl sites for hydroxylation is 1. The second-order valence-electron chi connectivity index (χ2n) is 9.50. The fourth-order valence-electron chi connectivity index (χ4n) is 6.14. The Hall–Kier alpha value is -3.15. The number of rotatable bonds is 3. The number of hydrogen-bond donors (Lipinski definition) is 1. The molecule has 4 aliphatic rings. The molecule has 1 aliphatic heterocycles. The van der Waals surface area contributed by atoms with Crippen LogP contribution in [-0.4, -0.2) is 28.7 Å². The number of halogens is 2. The van der Waals surface area contributed by atoms with E-state index in [1.165, 1.54) is 0 Å². The highest BCUT2D eigenvalue weighted by Crippen LogP contribution is 2.69. The summed E-state index contributed by atoms with van der Waals surface area (Å²) < 4.78 is 0. The van der Waals surface area contributed by atoms with Crippen molar-refractivity contribution in [1.29, 1.82) is 0 Å². The number of alkyl halides is 2. The first-order valence-electron chi connectivity index (χ1n) is 11.5. The molecule has 7 rings (SSSR count). The molecule has 5 nitrogen and oxygen atoms in total. The molecule has 1 saturated heterocycles. The van der Waals surface area contributed by atoms with E-state index in [0.29, 0.717) is 5.69 Å². The van der Waals surface area contributed by atoms with Crippen molar-refractivity contribution < 1.29 is 14.4 Å². The van der Waals surface area contributed by atoms with Crippen molar-refractivity contribution in [3.8, 4) is 0 Å². The predicted molar refractivity (Wildman–Crippen MR) is 134 cm³/mol. The Kier molecular flexibility index (Phi) is 4.73. The Balaban J connectivity index is 1.46. The lowest BCUT2D eigenvalue weighted by Crippen LogP contribution is -2.57. The number of carbonyl (C=O) groups excluding carboxylic acids is 3. The van der Waals surface area contributed by atoms with Crippen molar-refractivity contribution in [1.82, 2.24) is 4.90 Å². The summed E-state index contributed by atoms with van der Waals surface area (Å²) in [7, 11) is 0. The van der Waals surface area contributed by atoms with Gasteiger partial charge >= 0.3 is 0 Å². The van der Waals surface area contributed by atoms with Gasteiger partial charge in [0.25, 0.3) is 0 Å². The topological polar surface area (TPSA) is 66.5 Å². The van der Waals surface area contributed by atoms with Gasteiger partial charge in [-0.1, -0.05) is 66.7 Å². The van der Waals surface area contributed by atoms with Gasteiger partial charge in [0, 0.05) is 5.69 Å². The molecule has 3 amide bonds. The van der Waals surface area contributed by atoms with Crippen LogP contribution in [-0.2, 0) is 24.1 Å². The molecule has 35 heavy (non-hydrogen) atoms. The van der Waals surface area contributed by atoms with Gasteiger partial charge in [0.1, 0.15) is 15.8 Å². The summed E-state index contributed by atoms with van der Waals surface area (Å²) in [5.41, 5.74) is 4.44. The molecule has 3 aromatic rings. The molecule has 1 fully saturated rings. The first kappa shape index (κ1) is 22.3. The number of hydrogen-bond acceptors (Lipinski definition) is 3. The van der Waals surface area contributed by atoms with Gasteiger partial charge in [-0.3, -0.25) is 19.3 Å². The van der Waals surface area contributed by atoms with Gasteiger partial charge in [-0.25, -0.2) is 0 Å². The van der Waals surface area contributed by atoms with Gasteiger partial charge in [0.15, 0.2) is 0 Å². The highest BCUT2D eigenvalue weighted by atomic mass is 35.5. The molecule has 0 radical (unpaired) electrons. The molecule has 176 valence electrons. The average molecular weight is 505 g/mol. The maximum absolute atomic E-state index is 14.0. The van der Waals surface area contributed by atoms with E-state index in [-0.39, 0.29) is 0 Å². The van der Waals surface area contributed by atoms with Gasteiger partial charge in [0.05, 0.1) is 11.8 Å². The number of carbonyl (C=O) groups is 3. The third kappa shape index (κ3) is 2.68. The standard InChI is InChI=1S/C28H22Cl2N2O3/c1-15-9-3-8-14-21(15)31-24(33)16(2)32-25(34)22-23(26(32)35)28(30)18-11-5-4-10-17(18)27(22,29)19-12-6-7-13-20(19)28/h3-14,16,22-23H,1-2H3,(H,31,33)/t16-,22-,23-,27?,28?/m0/s1. The first-order chi connectivity index (χ1) is 16.7. The molecular weight excluding hydrogens is 483 g/mol. The van der Waals surface area contributed by atoms with E-state index < -0.39 is 45.3 Å². The first-order valence-corrected chi connectivity index (χ1v) is 12.3. The zero-order valence-electron chi connectivity index (χ0n) is 19.1. The lowest BCUT2D eigenvalue weighted by molar-refractivity contribution is -0.146. The second kappa shape index (κ2) is 7.42. The molecule has 3 aromatic carbocycles. The summed E-state index contributed by atoms with van der Waals surface area (Å²) >= 11 is 14.8. The Morgan fingerprint density at radius 3 is 1.63 bits per heavy atom. The van der Waals surface area contributed by atoms with Gasteiger partial charge in [0.2, 0.25) is 17.7 Å². The Labute approximate surface area is 213 Å². The SMILES string of the molecule is Cc1ccccc1NC(=O)[C@H](C)N1C(=O)[C@@H]2[C@@H](C1=O)C1(Cl)c3ccccc3C2(Cl)c2ccccc21. The third-order valence-electron chi connectivity index (χ3n) is 7.79. The minimum absolute atomic E-state index is 0.450. The lowest BCUT2D eigenvalue weighted by atomic mass is 9.54. The number of para-hydroxylation sites is 1. The molecule has 0 saturated carbocycles. The molecule has 2 bridgehead atoms. The lowest BCUT2D eigenvalue weighted by Gasteiger charge is -2.54. The van der Waals surface area contributed by atoms with Gasteiger partial charge in [-0.05, 0) is 47.7 Å². The van der Waals surface area contributed by atoms with E-state index in [0.717, 1.165) is 32.7 Å². The molecule has 3 aliphatic carbocycles. The van der Waals surface area contributed by atoms with Crippen molar-refractivity contribution >= 4 is 46.6 Å². The monoisotopic (exact) mass is 504 g/mol. The van der Waals surface area contributed by atoms with Crippen LogP contribution in [0.3, 0.4) is 0 Å². The van der Waals surface area contributed by atoms with Gasteiger partial charge in [-0.2, -0.15) is 0 Å². The summed E-state index contributed by atoms with van der Waals surface area (Å²) in [5, 5.41) is 2.85. The molecule has 1 heterocycles. The summed E-state index contributed by atoms with van der Waals surface area (Å²) in [6, 6.07) is 21.2. The largest absolute Gasteiger partial charge is 0.324 e. The minimum atomic E-state index is -1.26. The van der Waals surface area contributed by atoms with E-state index >= 15 is 0 Å². The van der Waals surface area contributed by atoms with E-state index in [4.69, 9.17) is 23.2 Å². The summed E-state index contributed by atoms with van der Waals surface area (Å²) in [6.07, 6.45) is 0. The van der Waals surface area contributed by atoms with E-state index in [9.17, 15) is 14.4 Å². The summed E-state index contributed by atoms with van der Waals surface area (Å²) in [5.74, 6) is -3.25. The Morgan fingerprint density at radius 1 is 0.800 bits per heavy atom. The highest BCUT2D eigenvalue weighted by molar-refractivity contribution is 6.36. The van der Waals surface area contributed by atoms with Crippen LogP contribution < -0.4 is 5.32 Å². The Bertz CT molecular complexity index is 1310. The Morgan fingerprint density at radius 2 is 1.20 bits per heavy atom. The molecule has 1 N–H and O–H groups in total. The fourth-order valence-corrected chi connectivity index (χ4v) is 7.24. The number of amides is 3. The van der Waals surface area contributed by atoms with Crippen molar-refractivity contribution in [2.24, 2.45) is 11.8 Å². The molecule has 0 aromatic heterocycles. The average Bonchev–Trinajstić information content (AvgIpc) is 3.14. The third-order valence-corrected chi connectivity index (χ3v) is 9.07. The maximum atomic E-state index is 14.0. The van der Waals surface area contributed by atoms with Gasteiger partial charge in [-0.15, -0.1) is 23.2 Å². The summed E-state index contributed by atoms with van der Waals surface area (Å²) in [6.45, 7) is 3.44. The van der Waals surface area contributed by atoms with E-state index in [1.807, 2.05) is 73.7 Å².